The van der Waals surface area contributed by atoms with E-state index in [0.29, 0.717) is 5.92 Å². The third kappa shape index (κ3) is 2.55. The monoisotopic (exact) mass is 227 g/mol. The number of rotatable bonds is 3. The van der Waals surface area contributed by atoms with E-state index in [2.05, 4.69) is 4.90 Å². The maximum Gasteiger partial charge on any atom is 0.320 e. The van der Waals surface area contributed by atoms with Gasteiger partial charge in [0.15, 0.2) is 0 Å². The molecule has 0 radical (unpaired) electrons. The number of nitrogens with zero attached hydrogens (tertiary/aromatic N) is 1. The largest absolute Gasteiger partial charge is 0.480 e. The van der Waals surface area contributed by atoms with Crippen LogP contribution < -0.4 is 0 Å². The van der Waals surface area contributed by atoms with Crippen LogP contribution in [0.25, 0.3) is 0 Å². The minimum atomic E-state index is -0.701. The van der Waals surface area contributed by atoms with Crippen LogP contribution >= 0.6 is 0 Å². The summed E-state index contributed by atoms with van der Waals surface area (Å²) in [4.78, 5) is 13.0. The highest BCUT2D eigenvalue weighted by Gasteiger charge is 2.34. The number of likely N-dealkylation sites (tertiary alicyclic amines) is 1. The summed E-state index contributed by atoms with van der Waals surface area (Å²) in [6, 6.07) is -0.329. The first-order chi connectivity index (χ1) is 7.68. The molecule has 2 unspecified atom stereocenters. The van der Waals surface area contributed by atoms with Crippen LogP contribution in [0.2, 0.25) is 0 Å². The molecule has 2 atom stereocenters. The molecule has 0 spiro atoms. The third-order valence-electron chi connectivity index (χ3n) is 4.09. The van der Waals surface area contributed by atoms with E-state index in [1.54, 1.807) is 6.92 Å². The minimum Gasteiger partial charge on any atom is -0.480 e. The number of aliphatic carboxylic acids is 1. The van der Waals surface area contributed by atoms with Crippen LogP contribution in [0.1, 0.15) is 26.2 Å². The van der Waals surface area contributed by atoms with E-state index >= 15 is 0 Å². The Morgan fingerprint density at radius 2 is 2.00 bits per heavy atom. The van der Waals surface area contributed by atoms with Crippen LogP contribution in [-0.4, -0.2) is 48.3 Å². The van der Waals surface area contributed by atoms with Gasteiger partial charge in [0.1, 0.15) is 6.04 Å². The van der Waals surface area contributed by atoms with Gasteiger partial charge in [-0.3, -0.25) is 9.69 Å². The van der Waals surface area contributed by atoms with Gasteiger partial charge in [0, 0.05) is 19.8 Å². The van der Waals surface area contributed by atoms with E-state index in [9.17, 15) is 4.79 Å². The van der Waals surface area contributed by atoms with Crippen molar-refractivity contribution in [3.8, 4) is 0 Å². The molecule has 2 rings (SSSR count). The Morgan fingerprint density at radius 3 is 2.62 bits per heavy atom. The molecule has 2 saturated heterocycles. The molecule has 2 aliphatic heterocycles. The SMILES string of the molecule is CC(C(=O)O)N1CCC(C2CCOCC2)C1. The molecule has 1 N–H and O–H groups in total. The highest BCUT2D eigenvalue weighted by Crippen LogP contribution is 2.31. The van der Waals surface area contributed by atoms with Gasteiger partial charge in [-0.05, 0) is 44.6 Å². The Kier molecular flexibility index (Phi) is 3.82. The van der Waals surface area contributed by atoms with Crippen LogP contribution in [0.3, 0.4) is 0 Å². The molecule has 0 aromatic heterocycles. The van der Waals surface area contributed by atoms with Gasteiger partial charge in [-0.2, -0.15) is 0 Å². The molecule has 0 aromatic carbocycles. The first kappa shape index (κ1) is 11.9. The summed E-state index contributed by atoms with van der Waals surface area (Å²) in [5.74, 6) is 0.734. The zero-order valence-electron chi connectivity index (χ0n) is 9.89. The van der Waals surface area contributed by atoms with Crippen molar-refractivity contribution in [1.82, 2.24) is 4.90 Å². The van der Waals surface area contributed by atoms with Gasteiger partial charge in [-0.25, -0.2) is 0 Å². The van der Waals surface area contributed by atoms with Crippen LogP contribution in [0.5, 0.6) is 0 Å². The predicted molar refractivity (Wildman–Crippen MR) is 60.3 cm³/mol. The average Bonchev–Trinajstić information content (AvgIpc) is 2.78. The second-order valence-electron chi connectivity index (χ2n) is 5.01. The molecule has 16 heavy (non-hydrogen) atoms. The summed E-state index contributed by atoms with van der Waals surface area (Å²) in [5.41, 5.74) is 0. The van der Waals surface area contributed by atoms with Gasteiger partial charge in [-0.1, -0.05) is 0 Å². The third-order valence-corrected chi connectivity index (χ3v) is 4.09. The standard InChI is InChI=1S/C12H21NO3/c1-9(12(14)15)13-5-2-11(8-13)10-3-6-16-7-4-10/h9-11H,2-8H2,1H3,(H,14,15). The minimum absolute atomic E-state index is 0.329. The lowest BCUT2D eigenvalue weighted by Gasteiger charge is -2.28. The predicted octanol–water partition coefficient (Wildman–Crippen LogP) is 1.21. The first-order valence-corrected chi connectivity index (χ1v) is 6.23. The van der Waals surface area contributed by atoms with Crippen LogP contribution in [0.4, 0.5) is 0 Å². The van der Waals surface area contributed by atoms with Crippen molar-refractivity contribution in [2.75, 3.05) is 26.3 Å². The summed E-state index contributed by atoms with van der Waals surface area (Å²) in [6.07, 6.45) is 3.46. The summed E-state index contributed by atoms with van der Waals surface area (Å²) in [6.45, 7) is 5.45. The summed E-state index contributed by atoms with van der Waals surface area (Å²) in [5, 5.41) is 8.98. The molecule has 0 aliphatic carbocycles. The summed E-state index contributed by atoms with van der Waals surface area (Å²) < 4.78 is 5.36. The summed E-state index contributed by atoms with van der Waals surface area (Å²) in [7, 11) is 0. The quantitative estimate of drug-likeness (QED) is 0.787. The Hall–Kier alpha value is -0.610. The van der Waals surface area contributed by atoms with E-state index in [0.717, 1.165) is 51.5 Å². The zero-order valence-corrected chi connectivity index (χ0v) is 9.89. The van der Waals surface area contributed by atoms with Crippen LogP contribution in [0.15, 0.2) is 0 Å². The van der Waals surface area contributed by atoms with Gasteiger partial charge < -0.3 is 9.84 Å². The Morgan fingerprint density at radius 1 is 1.31 bits per heavy atom. The fraction of sp³-hybridized carbons (Fsp3) is 0.917. The molecular formula is C12H21NO3. The number of carbonyl (C=O) groups is 1. The van der Waals surface area contributed by atoms with E-state index in [4.69, 9.17) is 9.84 Å². The van der Waals surface area contributed by atoms with Gasteiger partial charge in [0.2, 0.25) is 0 Å². The van der Waals surface area contributed by atoms with Crippen LogP contribution in [-0.2, 0) is 9.53 Å². The van der Waals surface area contributed by atoms with E-state index < -0.39 is 5.97 Å². The molecule has 4 heteroatoms. The normalized spacial score (nSPS) is 30.4. The second-order valence-corrected chi connectivity index (χ2v) is 5.01. The average molecular weight is 227 g/mol. The van der Waals surface area contributed by atoms with Crippen LogP contribution in [0, 0.1) is 11.8 Å². The molecule has 2 fully saturated rings. The maximum absolute atomic E-state index is 10.9. The van der Waals surface area contributed by atoms with E-state index in [1.165, 1.54) is 0 Å². The smallest absolute Gasteiger partial charge is 0.320 e. The molecular weight excluding hydrogens is 206 g/mol. The highest BCUT2D eigenvalue weighted by molar-refractivity contribution is 5.72. The Labute approximate surface area is 96.6 Å². The number of hydrogen-bond donors (Lipinski definition) is 1. The lowest BCUT2D eigenvalue weighted by molar-refractivity contribution is -0.142. The lowest BCUT2D eigenvalue weighted by atomic mass is 9.85. The van der Waals surface area contributed by atoms with Gasteiger partial charge >= 0.3 is 5.97 Å². The topological polar surface area (TPSA) is 49.8 Å². The molecule has 4 nitrogen and oxygen atoms in total. The van der Waals surface area contributed by atoms with E-state index in [-0.39, 0.29) is 6.04 Å². The Bertz CT molecular complexity index is 251. The molecule has 0 bridgehead atoms. The molecule has 2 heterocycles. The second kappa shape index (κ2) is 5.15. The maximum atomic E-state index is 10.9. The number of carboxylic acid groups (broad SMARTS) is 1. The van der Waals surface area contributed by atoms with Gasteiger partial charge in [-0.15, -0.1) is 0 Å². The zero-order chi connectivity index (χ0) is 11.5. The van der Waals surface area contributed by atoms with Crippen molar-refractivity contribution >= 4 is 5.97 Å². The number of hydrogen-bond acceptors (Lipinski definition) is 3. The Balaban J connectivity index is 1.84. The highest BCUT2D eigenvalue weighted by atomic mass is 16.5. The first-order valence-electron chi connectivity index (χ1n) is 6.23. The van der Waals surface area contributed by atoms with Crippen molar-refractivity contribution in [3.63, 3.8) is 0 Å². The molecule has 0 saturated carbocycles. The van der Waals surface area contributed by atoms with Gasteiger partial charge in [0.25, 0.3) is 0 Å². The summed E-state index contributed by atoms with van der Waals surface area (Å²) >= 11 is 0. The lowest BCUT2D eigenvalue weighted by Crippen LogP contribution is -2.38. The molecule has 2 aliphatic rings. The van der Waals surface area contributed by atoms with Gasteiger partial charge in [0.05, 0.1) is 0 Å². The van der Waals surface area contributed by atoms with Crippen molar-refractivity contribution in [2.45, 2.75) is 32.2 Å². The van der Waals surface area contributed by atoms with Crippen molar-refractivity contribution in [3.05, 3.63) is 0 Å². The molecule has 0 amide bonds. The van der Waals surface area contributed by atoms with Crippen molar-refractivity contribution < 1.29 is 14.6 Å². The van der Waals surface area contributed by atoms with Crippen molar-refractivity contribution in [2.24, 2.45) is 11.8 Å². The fourth-order valence-electron chi connectivity index (χ4n) is 2.90. The number of carboxylic acids is 1. The van der Waals surface area contributed by atoms with E-state index in [1.807, 2.05) is 0 Å². The number of ether oxygens (including phenoxy) is 1. The fourth-order valence-corrected chi connectivity index (χ4v) is 2.90. The molecule has 92 valence electrons. The van der Waals surface area contributed by atoms with Crippen molar-refractivity contribution in [1.29, 1.82) is 0 Å². The molecule has 0 aromatic rings.